The van der Waals surface area contributed by atoms with Crippen LogP contribution in [0.1, 0.15) is 60.9 Å². The molecule has 5 nitrogen and oxygen atoms in total. The molecule has 1 atom stereocenters. The minimum atomic E-state index is -4.98. The quantitative estimate of drug-likeness (QED) is 0.409. The Kier molecular flexibility index (Phi) is 9.35. The van der Waals surface area contributed by atoms with Crippen LogP contribution in [0.5, 0.6) is 0 Å². The lowest BCUT2D eigenvalue weighted by Gasteiger charge is -2.40. The van der Waals surface area contributed by atoms with Crippen LogP contribution in [0, 0.1) is 5.92 Å². The van der Waals surface area contributed by atoms with E-state index < -0.39 is 40.8 Å². The van der Waals surface area contributed by atoms with E-state index in [1.165, 1.54) is 6.92 Å². The molecule has 1 saturated carbocycles. The zero-order valence-electron chi connectivity index (χ0n) is 22.0. The van der Waals surface area contributed by atoms with Crippen molar-refractivity contribution >= 4 is 11.8 Å². The molecule has 214 valence electrons. The molecule has 2 aromatic carbocycles. The van der Waals surface area contributed by atoms with Crippen molar-refractivity contribution in [3.8, 4) is 0 Å². The highest BCUT2D eigenvalue weighted by Gasteiger charge is 2.44. The van der Waals surface area contributed by atoms with Crippen LogP contribution in [-0.2, 0) is 27.4 Å². The fourth-order valence-electron chi connectivity index (χ4n) is 5.03. The zero-order chi connectivity index (χ0) is 29.0. The van der Waals surface area contributed by atoms with Crippen LogP contribution in [0.4, 0.5) is 26.3 Å². The van der Waals surface area contributed by atoms with Gasteiger partial charge in [0.15, 0.2) is 0 Å². The van der Waals surface area contributed by atoms with Gasteiger partial charge in [-0.3, -0.25) is 9.59 Å². The first kappa shape index (κ1) is 30.5. The molecule has 0 saturated heterocycles. The molecular formula is C28H33F6N3O2. The summed E-state index contributed by atoms with van der Waals surface area (Å²) in [6.07, 6.45) is -7.90. The van der Waals surface area contributed by atoms with Crippen molar-refractivity contribution < 1.29 is 35.9 Å². The molecule has 0 bridgehead atoms. The number of rotatable bonds is 8. The molecular weight excluding hydrogens is 524 g/mol. The van der Waals surface area contributed by atoms with Gasteiger partial charge in [0.1, 0.15) is 0 Å². The third-order valence-corrected chi connectivity index (χ3v) is 7.23. The number of halogens is 6. The first-order chi connectivity index (χ1) is 18.1. The molecule has 0 radical (unpaired) electrons. The Morgan fingerprint density at radius 2 is 1.49 bits per heavy atom. The number of carbonyl (C=O) groups is 2. The van der Waals surface area contributed by atoms with E-state index in [1.807, 2.05) is 0 Å². The maximum absolute atomic E-state index is 13.7. The molecule has 39 heavy (non-hydrogen) atoms. The van der Waals surface area contributed by atoms with Gasteiger partial charge in [-0.2, -0.15) is 26.3 Å². The van der Waals surface area contributed by atoms with Crippen molar-refractivity contribution in [2.24, 2.45) is 5.92 Å². The average molecular weight is 558 g/mol. The first-order valence-corrected chi connectivity index (χ1v) is 12.7. The third-order valence-electron chi connectivity index (χ3n) is 7.23. The van der Waals surface area contributed by atoms with E-state index in [2.05, 4.69) is 10.6 Å². The van der Waals surface area contributed by atoms with E-state index in [0.717, 1.165) is 5.56 Å². The summed E-state index contributed by atoms with van der Waals surface area (Å²) in [5, 5.41) is 5.60. The topological polar surface area (TPSA) is 61.4 Å². The lowest BCUT2D eigenvalue weighted by molar-refractivity contribution is -0.143. The number of nitrogens with zero attached hydrogens (tertiary/aromatic N) is 1. The van der Waals surface area contributed by atoms with Crippen molar-refractivity contribution in [1.29, 1.82) is 0 Å². The van der Waals surface area contributed by atoms with Crippen molar-refractivity contribution in [3.05, 3.63) is 70.8 Å². The van der Waals surface area contributed by atoms with Crippen molar-refractivity contribution in [1.82, 2.24) is 15.5 Å². The van der Waals surface area contributed by atoms with Crippen molar-refractivity contribution in [2.75, 3.05) is 27.2 Å². The molecule has 1 fully saturated rings. The van der Waals surface area contributed by atoms with Gasteiger partial charge in [-0.25, -0.2) is 0 Å². The molecule has 0 aromatic heterocycles. The van der Waals surface area contributed by atoms with Crippen LogP contribution < -0.4 is 10.6 Å². The number of hydrogen-bond acceptors (Lipinski definition) is 3. The highest BCUT2D eigenvalue weighted by atomic mass is 19.4. The highest BCUT2D eigenvalue weighted by Crippen LogP contribution is 2.43. The molecule has 3 rings (SSSR count). The predicted octanol–water partition coefficient (Wildman–Crippen LogP) is 5.71. The number of amides is 2. The lowest BCUT2D eigenvalue weighted by Crippen LogP contribution is -2.48. The molecule has 1 aliphatic carbocycles. The smallest absolute Gasteiger partial charge is 0.355 e. The molecule has 2 amide bonds. The molecule has 1 aliphatic rings. The van der Waals surface area contributed by atoms with E-state index in [0.29, 0.717) is 44.4 Å². The van der Waals surface area contributed by atoms with Gasteiger partial charge in [0.25, 0.3) is 0 Å². The Bertz CT molecular complexity index is 1110. The predicted molar refractivity (Wildman–Crippen MR) is 135 cm³/mol. The number of carbonyl (C=O) groups excluding carboxylic acids is 2. The minimum Gasteiger partial charge on any atom is -0.355 e. The number of hydrogen-bond donors (Lipinski definition) is 2. The molecule has 2 N–H and O–H groups in total. The van der Waals surface area contributed by atoms with Gasteiger partial charge < -0.3 is 15.5 Å². The lowest BCUT2D eigenvalue weighted by atomic mass is 9.66. The van der Waals surface area contributed by atoms with Gasteiger partial charge in [0.2, 0.25) is 11.8 Å². The second kappa shape index (κ2) is 12.0. The second-order valence-electron chi connectivity index (χ2n) is 10.5. The van der Waals surface area contributed by atoms with Gasteiger partial charge in [0, 0.05) is 6.54 Å². The fourth-order valence-corrected chi connectivity index (χ4v) is 5.03. The van der Waals surface area contributed by atoms with Gasteiger partial charge in [-0.1, -0.05) is 30.3 Å². The zero-order valence-corrected chi connectivity index (χ0v) is 22.0. The third kappa shape index (κ3) is 7.74. The van der Waals surface area contributed by atoms with E-state index in [4.69, 9.17) is 0 Å². The van der Waals surface area contributed by atoms with E-state index >= 15 is 0 Å². The average Bonchev–Trinajstić information content (AvgIpc) is 2.86. The molecule has 1 unspecified atom stereocenters. The van der Waals surface area contributed by atoms with Gasteiger partial charge in [-0.05, 0) is 81.9 Å². The van der Waals surface area contributed by atoms with Crippen LogP contribution in [0.25, 0.3) is 0 Å². The Balaban J connectivity index is 1.82. The highest BCUT2D eigenvalue weighted by molar-refractivity contribution is 5.88. The second-order valence-corrected chi connectivity index (χ2v) is 10.5. The Labute approximate surface area is 223 Å². The summed E-state index contributed by atoms with van der Waals surface area (Å²) in [7, 11) is 3.58. The summed E-state index contributed by atoms with van der Waals surface area (Å²) in [5.74, 6) is -0.427. The fraction of sp³-hybridized carbons (Fsp3) is 0.500. The monoisotopic (exact) mass is 557 g/mol. The number of alkyl halides is 6. The maximum atomic E-state index is 13.7. The number of benzene rings is 2. The molecule has 0 heterocycles. The standard InChI is InChI=1S/C28H33F6N3O2/c1-18(20-13-22(27(29,30)31)15-23(14-20)28(32,33)34)36-25(39)26(21-7-5-4-6-8-21)11-9-19(10-12-26)16-35-24(38)17-37(2)3/h4-8,13-15,18-19H,9-12,16-17H2,1-3H3,(H,35,38)(H,36,39). The number of likely N-dealkylation sites (N-methyl/N-ethyl adjacent to an activating group) is 1. The van der Waals surface area contributed by atoms with E-state index in [-0.39, 0.29) is 30.0 Å². The van der Waals surface area contributed by atoms with Gasteiger partial charge >= 0.3 is 12.4 Å². The van der Waals surface area contributed by atoms with Crippen LogP contribution in [0.3, 0.4) is 0 Å². The molecule has 0 aliphatic heterocycles. The van der Waals surface area contributed by atoms with Gasteiger partial charge in [-0.15, -0.1) is 0 Å². The van der Waals surface area contributed by atoms with E-state index in [1.54, 1.807) is 49.3 Å². The Hall–Kier alpha value is -3.08. The van der Waals surface area contributed by atoms with Crippen LogP contribution in [0.2, 0.25) is 0 Å². The largest absolute Gasteiger partial charge is 0.416 e. The SMILES string of the molecule is CC(NC(=O)C1(c2ccccc2)CCC(CNC(=O)CN(C)C)CC1)c1cc(C(F)(F)F)cc(C(F)(F)F)c1. The van der Waals surface area contributed by atoms with E-state index in [9.17, 15) is 35.9 Å². The van der Waals surface area contributed by atoms with Crippen molar-refractivity contribution in [2.45, 2.75) is 56.4 Å². The van der Waals surface area contributed by atoms with Gasteiger partial charge in [0.05, 0.1) is 29.1 Å². The normalized spacial score (nSPS) is 20.9. The Morgan fingerprint density at radius 1 is 0.949 bits per heavy atom. The van der Waals surface area contributed by atoms with Crippen LogP contribution >= 0.6 is 0 Å². The van der Waals surface area contributed by atoms with Crippen LogP contribution in [0.15, 0.2) is 48.5 Å². The number of nitrogens with one attached hydrogen (secondary N) is 2. The molecule has 0 spiro atoms. The summed E-state index contributed by atoms with van der Waals surface area (Å²) < 4.78 is 80.2. The minimum absolute atomic E-state index is 0.0715. The first-order valence-electron chi connectivity index (χ1n) is 12.7. The molecule has 11 heteroatoms. The summed E-state index contributed by atoms with van der Waals surface area (Å²) >= 11 is 0. The summed E-state index contributed by atoms with van der Waals surface area (Å²) in [6.45, 7) is 2.09. The summed E-state index contributed by atoms with van der Waals surface area (Å²) in [5.41, 5.74) is -3.42. The maximum Gasteiger partial charge on any atom is 0.416 e. The summed E-state index contributed by atoms with van der Waals surface area (Å²) in [6, 6.07) is 9.21. The van der Waals surface area contributed by atoms with Crippen LogP contribution in [-0.4, -0.2) is 43.9 Å². The Morgan fingerprint density at radius 3 is 1.97 bits per heavy atom. The van der Waals surface area contributed by atoms with Crippen molar-refractivity contribution in [3.63, 3.8) is 0 Å². The molecule has 2 aromatic rings. The summed E-state index contributed by atoms with van der Waals surface area (Å²) in [4.78, 5) is 27.5.